The number of ether oxygens (including phenoxy) is 1. The molecule has 0 saturated carbocycles. The van der Waals surface area contributed by atoms with E-state index in [1.54, 1.807) is 0 Å². The highest BCUT2D eigenvalue weighted by Gasteiger charge is 2.44. The molecule has 1 fully saturated rings. The monoisotopic (exact) mass is 497 g/mol. The van der Waals surface area contributed by atoms with E-state index in [1.165, 1.54) is 12.1 Å². The Balaban J connectivity index is 1.55. The van der Waals surface area contributed by atoms with Crippen molar-refractivity contribution >= 4 is 39.3 Å². The highest BCUT2D eigenvalue weighted by atomic mass is 32.2. The van der Waals surface area contributed by atoms with E-state index < -0.39 is 51.8 Å². The van der Waals surface area contributed by atoms with E-state index >= 15 is 0 Å². The number of fused-ring (bicyclic) bond motifs is 1. The number of benzene rings is 2. The number of nitrogens with one attached hydrogen (secondary N) is 2. The summed E-state index contributed by atoms with van der Waals surface area (Å²) in [7, 11) is -4.27. The van der Waals surface area contributed by atoms with Gasteiger partial charge < -0.3 is 4.74 Å². The predicted molar refractivity (Wildman–Crippen MR) is 107 cm³/mol. The van der Waals surface area contributed by atoms with Crippen LogP contribution < -0.4 is 14.8 Å². The molecule has 0 spiro atoms. The summed E-state index contributed by atoms with van der Waals surface area (Å²) in [5.41, 5.74) is -0.296. The molecule has 0 aliphatic carbocycles. The highest BCUT2D eigenvalue weighted by Crippen LogP contribution is 2.30. The maximum Gasteiger partial charge on any atom is 0.573 e. The second kappa shape index (κ2) is 8.13. The fourth-order valence-corrected chi connectivity index (χ4v) is 4.62. The molecule has 2 aliphatic rings. The fourth-order valence-electron chi connectivity index (χ4n) is 3.57. The van der Waals surface area contributed by atoms with E-state index in [4.69, 9.17) is 0 Å². The maximum atomic E-state index is 12.8. The average Bonchev–Trinajstić information content (AvgIpc) is 2.97. The Morgan fingerprint density at radius 3 is 2.24 bits per heavy atom. The Hall–Kier alpha value is -3.94. The van der Waals surface area contributed by atoms with Gasteiger partial charge >= 0.3 is 6.36 Å². The lowest BCUT2D eigenvalue weighted by atomic mass is 10.0. The number of amides is 4. The van der Waals surface area contributed by atoms with Crippen LogP contribution in [-0.4, -0.2) is 49.4 Å². The molecule has 4 rings (SSSR count). The van der Waals surface area contributed by atoms with Gasteiger partial charge in [-0.1, -0.05) is 0 Å². The minimum atomic E-state index is -4.94. The number of carbonyl (C=O) groups excluding carboxylic acids is 4. The van der Waals surface area contributed by atoms with Crippen LogP contribution in [0.25, 0.3) is 0 Å². The fraction of sp³-hybridized carbons (Fsp3) is 0.200. The number of alkyl halides is 3. The number of imide groups is 2. The predicted octanol–water partition coefficient (Wildman–Crippen LogP) is 1.79. The third-order valence-electron chi connectivity index (χ3n) is 5.06. The summed E-state index contributed by atoms with van der Waals surface area (Å²) in [4.78, 5) is 49.3. The van der Waals surface area contributed by atoms with Gasteiger partial charge in [0.1, 0.15) is 11.8 Å². The maximum absolute atomic E-state index is 12.8. The molecule has 0 radical (unpaired) electrons. The molecule has 4 amide bonds. The summed E-state index contributed by atoms with van der Waals surface area (Å²) >= 11 is 0. The van der Waals surface area contributed by atoms with E-state index in [0.29, 0.717) is 0 Å². The van der Waals surface area contributed by atoms with Crippen LogP contribution in [0.3, 0.4) is 0 Å². The van der Waals surface area contributed by atoms with E-state index in [1.807, 2.05) is 0 Å². The van der Waals surface area contributed by atoms with Crippen LogP contribution in [-0.2, 0) is 19.6 Å². The smallest absolute Gasteiger partial charge is 0.406 e. The van der Waals surface area contributed by atoms with Crippen LogP contribution in [0, 0.1) is 0 Å². The Kier molecular flexibility index (Phi) is 5.55. The Bertz CT molecular complexity index is 1320. The summed E-state index contributed by atoms with van der Waals surface area (Å²) in [5.74, 6) is -3.51. The summed E-state index contributed by atoms with van der Waals surface area (Å²) in [6.07, 6.45) is -5.03. The normalized spacial score (nSPS) is 18.6. The van der Waals surface area contributed by atoms with Gasteiger partial charge in [-0.3, -0.25) is 34.1 Å². The van der Waals surface area contributed by atoms with Crippen LogP contribution in [0.2, 0.25) is 0 Å². The van der Waals surface area contributed by atoms with Gasteiger partial charge in [0.25, 0.3) is 21.8 Å². The first-order chi connectivity index (χ1) is 15.9. The lowest BCUT2D eigenvalue weighted by Crippen LogP contribution is -2.54. The van der Waals surface area contributed by atoms with Crippen molar-refractivity contribution in [3.63, 3.8) is 0 Å². The number of rotatable bonds is 5. The number of nitrogens with zero attached hydrogens (tertiary/aromatic N) is 1. The molecule has 34 heavy (non-hydrogen) atoms. The minimum Gasteiger partial charge on any atom is -0.406 e. The molecular formula is C20H14F3N3O7S. The molecule has 1 unspecified atom stereocenters. The van der Waals surface area contributed by atoms with Crippen LogP contribution >= 0.6 is 0 Å². The molecule has 0 aromatic heterocycles. The summed E-state index contributed by atoms with van der Waals surface area (Å²) < 4.78 is 67.9. The van der Waals surface area contributed by atoms with Crippen molar-refractivity contribution in [2.45, 2.75) is 30.1 Å². The van der Waals surface area contributed by atoms with Gasteiger partial charge in [0.2, 0.25) is 11.8 Å². The molecule has 2 N–H and O–H groups in total. The quantitative estimate of drug-likeness (QED) is 0.601. The van der Waals surface area contributed by atoms with Gasteiger partial charge in [-0.25, -0.2) is 8.42 Å². The third kappa shape index (κ3) is 4.44. The van der Waals surface area contributed by atoms with Crippen LogP contribution in [0.15, 0.2) is 47.4 Å². The second-order valence-electron chi connectivity index (χ2n) is 7.33. The molecule has 14 heteroatoms. The average molecular weight is 497 g/mol. The van der Waals surface area contributed by atoms with Crippen molar-refractivity contribution in [2.24, 2.45) is 0 Å². The van der Waals surface area contributed by atoms with Crippen molar-refractivity contribution in [1.82, 2.24) is 10.2 Å². The zero-order valence-electron chi connectivity index (χ0n) is 16.9. The SMILES string of the molecule is O=C1CCC(N2C(=O)c3ccc(NS(=O)(=O)c4ccc(OC(F)(F)F)cc4)cc3C2=O)C(=O)N1. The molecule has 2 aromatic rings. The number of hydrogen-bond acceptors (Lipinski definition) is 7. The Morgan fingerprint density at radius 1 is 0.971 bits per heavy atom. The van der Waals surface area contributed by atoms with Gasteiger partial charge in [0, 0.05) is 12.1 Å². The lowest BCUT2D eigenvalue weighted by molar-refractivity contribution is -0.274. The molecule has 10 nitrogen and oxygen atoms in total. The number of sulfonamides is 1. The number of piperidine rings is 1. The van der Waals surface area contributed by atoms with Crippen molar-refractivity contribution in [3.8, 4) is 5.75 Å². The van der Waals surface area contributed by atoms with Gasteiger partial charge in [0.15, 0.2) is 0 Å². The molecule has 2 aromatic carbocycles. The Labute approximate surface area is 189 Å². The van der Waals surface area contributed by atoms with Crippen LogP contribution in [0.4, 0.5) is 18.9 Å². The number of hydrogen-bond donors (Lipinski definition) is 2. The Morgan fingerprint density at radius 2 is 1.62 bits per heavy atom. The third-order valence-corrected chi connectivity index (χ3v) is 6.46. The topological polar surface area (TPSA) is 139 Å². The van der Waals surface area contributed by atoms with E-state index in [0.717, 1.165) is 35.2 Å². The molecule has 178 valence electrons. The van der Waals surface area contributed by atoms with Gasteiger partial charge in [-0.2, -0.15) is 0 Å². The summed E-state index contributed by atoms with van der Waals surface area (Å²) in [6.45, 7) is 0. The van der Waals surface area contributed by atoms with Crippen LogP contribution in [0.5, 0.6) is 5.75 Å². The van der Waals surface area contributed by atoms with E-state index in [-0.39, 0.29) is 34.6 Å². The number of carbonyl (C=O) groups is 4. The first-order valence-electron chi connectivity index (χ1n) is 9.60. The molecule has 1 atom stereocenters. The summed E-state index contributed by atoms with van der Waals surface area (Å²) in [5, 5.41) is 2.06. The zero-order chi connectivity index (χ0) is 24.8. The first kappa shape index (κ1) is 23.2. The van der Waals surface area contributed by atoms with Crippen molar-refractivity contribution in [3.05, 3.63) is 53.6 Å². The number of halogens is 3. The van der Waals surface area contributed by atoms with Crippen molar-refractivity contribution < 1.29 is 45.5 Å². The molecule has 2 heterocycles. The van der Waals surface area contributed by atoms with Crippen molar-refractivity contribution in [1.29, 1.82) is 0 Å². The van der Waals surface area contributed by atoms with Gasteiger partial charge in [-0.05, 0) is 48.9 Å². The highest BCUT2D eigenvalue weighted by molar-refractivity contribution is 7.92. The number of anilines is 1. The molecular weight excluding hydrogens is 483 g/mol. The largest absolute Gasteiger partial charge is 0.573 e. The van der Waals surface area contributed by atoms with Gasteiger partial charge in [0.05, 0.1) is 16.0 Å². The lowest BCUT2D eigenvalue weighted by Gasteiger charge is -2.27. The van der Waals surface area contributed by atoms with E-state index in [9.17, 15) is 40.8 Å². The molecule has 2 aliphatic heterocycles. The molecule has 1 saturated heterocycles. The summed E-state index contributed by atoms with van der Waals surface area (Å²) in [6, 6.07) is 5.81. The van der Waals surface area contributed by atoms with Crippen LogP contribution in [0.1, 0.15) is 33.6 Å². The van der Waals surface area contributed by atoms with E-state index in [2.05, 4.69) is 14.8 Å². The standard InChI is InChI=1S/C20H14F3N3O7S/c21-20(22,23)33-11-2-4-12(5-3-11)34(31,32)25-10-1-6-13-14(9-10)19(30)26(18(13)29)15-7-8-16(27)24-17(15)28/h1-6,9,15,25H,7-8H2,(H,24,27,28). The zero-order valence-corrected chi connectivity index (χ0v) is 17.7. The van der Waals surface area contributed by atoms with Gasteiger partial charge in [-0.15, -0.1) is 13.2 Å². The second-order valence-corrected chi connectivity index (χ2v) is 9.01. The first-order valence-corrected chi connectivity index (χ1v) is 11.1. The molecule has 0 bridgehead atoms. The van der Waals surface area contributed by atoms with Crippen molar-refractivity contribution in [2.75, 3.05) is 4.72 Å². The minimum absolute atomic E-state index is 0.0380.